The first-order valence-corrected chi connectivity index (χ1v) is 6.89. The van der Waals surface area contributed by atoms with Crippen molar-refractivity contribution in [3.8, 4) is 5.75 Å². The van der Waals surface area contributed by atoms with Gasteiger partial charge in [-0.1, -0.05) is 12.1 Å². The van der Waals surface area contributed by atoms with Gasteiger partial charge in [-0.05, 0) is 31.4 Å². The van der Waals surface area contributed by atoms with Crippen LogP contribution in [0.25, 0.3) is 0 Å². The smallest absolute Gasteiger partial charge is 0.306 e. The van der Waals surface area contributed by atoms with Crippen LogP contribution in [0.15, 0.2) is 29.3 Å². The van der Waals surface area contributed by atoms with E-state index in [0.717, 1.165) is 23.6 Å². The zero-order valence-corrected chi connectivity index (χ0v) is 11.4. The van der Waals surface area contributed by atoms with E-state index in [-0.39, 0.29) is 18.0 Å². The molecule has 106 valence electrons. The van der Waals surface area contributed by atoms with Crippen molar-refractivity contribution < 1.29 is 14.6 Å². The number of ether oxygens (including phenoxy) is 1. The van der Waals surface area contributed by atoms with Crippen LogP contribution >= 0.6 is 0 Å². The molecule has 1 saturated carbocycles. The van der Waals surface area contributed by atoms with Gasteiger partial charge in [-0.3, -0.25) is 9.79 Å². The van der Waals surface area contributed by atoms with Crippen molar-refractivity contribution >= 4 is 11.8 Å². The maximum absolute atomic E-state index is 11.1. The lowest BCUT2D eigenvalue weighted by Gasteiger charge is -2.28. The molecule has 0 bridgehead atoms. The summed E-state index contributed by atoms with van der Waals surface area (Å²) in [4.78, 5) is 15.8. The molecule has 1 aromatic carbocycles. The molecule has 2 aliphatic rings. The molecule has 3 rings (SSSR count). The quantitative estimate of drug-likeness (QED) is 0.879. The molecule has 3 atom stereocenters. The Labute approximate surface area is 117 Å². The fourth-order valence-electron chi connectivity index (χ4n) is 3.05. The number of aliphatic carboxylic acids is 1. The number of rotatable bonds is 3. The van der Waals surface area contributed by atoms with E-state index in [2.05, 4.69) is 5.32 Å². The molecule has 0 radical (unpaired) electrons. The molecule has 1 aliphatic heterocycles. The number of aliphatic imine (C=N–C) groups is 1. The summed E-state index contributed by atoms with van der Waals surface area (Å²) in [6.45, 7) is 0. The highest BCUT2D eigenvalue weighted by Gasteiger charge is 2.38. The SMILES string of the molecule is COc1ccccc1C1=NC2CCC(C(=O)O)CC2N1. The van der Waals surface area contributed by atoms with Gasteiger partial charge in [0.2, 0.25) is 0 Å². The number of nitrogens with one attached hydrogen (secondary N) is 1. The number of para-hydroxylation sites is 1. The van der Waals surface area contributed by atoms with Crippen molar-refractivity contribution in [2.45, 2.75) is 31.3 Å². The Morgan fingerprint density at radius 2 is 2.20 bits per heavy atom. The Morgan fingerprint density at radius 3 is 2.95 bits per heavy atom. The minimum atomic E-state index is -0.698. The van der Waals surface area contributed by atoms with Crippen molar-refractivity contribution in [1.29, 1.82) is 0 Å². The fourth-order valence-corrected chi connectivity index (χ4v) is 3.05. The average molecular weight is 274 g/mol. The Morgan fingerprint density at radius 1 is 1.40 bits per heavy atom. The van der Waals surface area contributed by atoms with Gasteiger partial charge in [0.25, 0.3) is 0 Å². The molecule has 0 aromatic heterocycles. The number of carbonyl (C=O) groups is 1. The molecule has 2 N–H and O–H groups in total. The largest absolute Gasteiger partial charge is 0.496 e. The third-order valence-corrected chi connectivity index (χ3v) is 4.14. The summed E-state index contributed by atoms with van der Waals surface area (Å²) in [5.74, 6) is 0.655. The number of methoxy groups -OCH3 is 1. The second-order valence-electron chi connectivity index (χ2n) is 5.34. The molecule has 1 aromatic rings. The Balaban J connectivity index is 1.80. The standard InChI is InChI=1S/C15H18N2O3/c1-20-13-5-3-2-4-10(13)14-16-11-7-6-9(15(18)19)8-12(11)17-14/h2-5,9,11-12H,6-8H2,1H3,(H,16,17)(H,18,19). The monoisotopic (exact) mass is 274 g/mol. The number of benzene rings is 1. The summed E-state index contributed by atoms with van der Waals surface area (Å²) >= 11 is 0. The van der Waals surface area contributed by atoms with Crippen molar-refractivity contribution in [3.63, 3.8) is 0 Å². The van der Waals surface area contributed by atoms with Crippen LogP contribution in [0.4, 0.5) is 0 Å². The van der Waals surface area contributed by atoms with E-state index in [1.165, 1.54) is 0 Å². The second-order valence-corrected chi connectivity index (χ2v) is 5.34. The minimum absolute atomic E-state index is 0.129. The maximum Gasteiger partial charge on any atom is 0.306 e. The zero-order valence-electron chi connectivity index (χ0n) is 11.4. The van der Waals surface area contributed by atoms with Crippen molar-refractivity contribution in [2.75, 3.05) is 7.11 Å². The third-order valence-electron chi connectivity index (χ3n) is 4.14. The van der Waals surface area contributed by atoms with E-state index in [1.807, 2.05) is 24.3 Å². The molecule has 3 unspecified atom stereocenters. The van der Waals surface area contributed by atoms with Crippen LogP contribution in [0, 0.1) is 5.92 Å². The van der Waals surface area contributed by atoms with E-state index >= 15 is 0 Å². The third kappa shape index (κ3) is 2.24. The molecule has 0 saturated heterocycles. The number of hydrogen-bond acceptors (Lipinski definition) is 4. The van der Waals surface area contributed by atoms with Gasteiger partial charge in [0.05, 0.1) is 30.7 Å². The van der Waals surface area contributed by atoms with E-state index in [4.69, 9.17) is 14.8 Å². The highest BCUT2D eigenvalue weighted by Crippen LogP contribution is 2.31. The van der Waals surface area contributed by atoms with Crippen LogP contribution in [0.3, 0.4) is 0 Å². The molecule has 0 spiro atoms. The Bertz CT molecular complexity index is 556. The lowest BCUT2D eigenvalue weighted by molar-refractivity contribution is -0.143. The normalized spacial score (nSPS) is 28.2. The Kier molecular flexibility index (Phi) is 3.34. The van der Waals surface area contributed by atoms with Gasteiger partial charge in [0.15, 0.2) is 0 Å². The van der Waals surface area contributed by atoms with Crippen molar-refractivity contribution in [3.05, 3.63) is 29.8 Å². The summed E-state index contributed by atoms with van der Waals surface area (Å²) < 4.78 is 5.36. The lowest BCUT2D eigenvalue weighted by atomic mass is 9.83. The minimum Gasteiger partial charge on any atom is -0.496 e. The van der Waals surface area contributed by atoms with Crippen LogP contribution < -0.4 is 10.1 Å². The Hall–Kier alpha value is -2.04. The summed E-state index contributed by atoms with van der Waals surface area (Å²) in [7, 11) is 1.64. The maximum atomic E-state index is 11.1. The fraction of sp³-hybridized carbons (Fsp3) is 0.467. The zero-order chi connectivity index (χ0) is 14.1. The molecule has 1 heterocycles. The molecule has 20 heavy (non-hydrogen) atoms. The van der Waals surface area contributed by atoms with E-state index < -0.39 is 5.97 Å². The molecule has 5 nitrogen and oxygen atoms in total. The summed E-state index contributed by atoms with van der Waals surface area (Å²) in [6.07, 6.45) is 2.18. The van der Waals surface area contributed by atoms with Crippen LogP contribution in [-0.2, 0) is 4.79 Å². The van der Waals surface area contributed by atoms with Crippen LogP contribution in [0.1, 0.15) is 24.8 Å². The van der Waals surface area contributed by atoms with Gasteiger partial charge >= 0.3 is 5.97 Å². The number of amidine groups is 1. The number of carboxylic acid groups (broad SMARTS) is 1. The summed E-state index contributed by atoms with van der Waals surface area (Å²) in [5.41, 5.74) is 0.941. The van der Waals surface area contributed by atoms with Crippen LogP contribution in [0.2, 0.25) is 0 Å². The summed E-state index contributed by atoms with van der Waals surface area (Å²) in [6, 6.07) is 8.06. The molecule has 1 fully saturated rings. The van der Waals surface area contributed by atoms with Gasteiger partial charge < -0.3 is 15.2 Å². The first-order chi connectivity index (χ1) is 9.69. The summed E-state index contributed by atoms with van der Waals surface area (Å²) in [5, 5.41) is 12.5. The number of hydrogen-bond donors (Lipinski definition) is 2. The topological polar surface area (TPSA) is 70.9 Å². The van der Waals surface area contributed by atoms with Gasteiger partial charge in [0, 0.05) is 0 Å². The molecule has 5 heteroatoms. The molecular weight excluding hydrogens is 256 g/mol. The van der Waals surface area contributed by atoms with Crippen molar-refractivity contribution in [1.82, 2.24) is 5.32 Å². The van der Waals surface area contributed by atoms with E-state index in [0.29, 0.717) is 12.8 Å². The average Bonchev–Trinajstić information content (AvgIpc) is 2.89. The van der Waals surface area contributed by atoms with Gasteiger partial charge in [0.1, 0.15) is 11.6 Å². The van der Waals surface area contributed by atoms with Gasteiger partial charge in [-0.15, -0.1) is 0 Å². The van der Waals surface area contributed by atoms with Crippen molar-refractivity contribution in [2.24, 2.45) is 10.9 Å². The van der Waals surface area contributed by atoms with Crippen LogP contribution in [0.5, 0.6) is 5.75 Å². The van der Waals surface area contributed by atoms with E-state index in [1.54, 1.807) is 7.11 Å². The highest BCUT2D eigenvalue weighted by molar-refractivity contribution is 6.02. The lowest BCUT2D eigenvalue weighted by Crippen LogP contribution is -2.41. The van der Waals surface area contributed by atoms with Gasteiger partial charge in [-0.2, -0.15) is 0 Å². The predicted molar refractivity (Wildman–Crippen MR) is 75.2 cm³/mol. The molecular formula is C15H18N2O3. The highest BCUT2D eigenvalue weighted by atomic mass is 16.5. The first-order valence-electron chi connectivity index (χ1n) is 6.89. The number of nitrogens with zero attached hydrogens (tertiary/aromatic N) is 1. The van der Waals surface area contributed by atoms with E-state index in [9.17, 15) is 4.79 Å². The number of carboxylic acids is 1. The second kappa shape index (κ2) is 5.15. The first kappa shape index (κ1) is 13.0. The molecule has 1 aliphatic carbocycles. The van der Waals surface area contributed by atoms with Crippen LogP contribution in [-0.4, -0.2) is 36.1 Å². The predicted octanol–water partition coefficient (Wildman–Crippen LogP) is 1.67. The number of fused-ring (bicyclic) bond motifs is 1. The molecule has 0 amide bonds. The van der Waals surface area contributed by atoms with Gasteiger partial charge in [-0.25, -0.2) is 0 Å².